The van der Waals surface area contributed by atoms with Crippen LogP contribution in [-0.2, 0) is 0 Å². The molecule has 0 bridgehead atoms. The lowest BCUT2D eigenvalue weighted by Gasteiger charge is -2.23. The van der Waals surface area contributed by atoms with Crippen molar-refractivity contribution in [2.75, 3.05) is 39.5 Å². The van der Waals surface area contributed by atoms with Gasteiger partial charge in [0.05, 0.1) is 13.2 Å². The van der Waals surface area contributed by atoms with Crippen molar-refractivity contribution in [3.8, 4) is 5.75 Å². The van der Waals surface area contributed by atoms with E-state index in [9.17, 15) is 5.11 Å². The third-order valence-corrected chi connectivity index (χ3v) is 3.22. The van der Waals surface area contributed by atoms with Crippen LogP contribution in [0.15, 0.2) is 18.2 Å². The Bertz CT molecular complexity index is 391. The highest BCUT2D eigenvalue weighted by atomic mass is 16.5. The van der Waals surface area contributed by atoms with Gasteiger partial charge in [-0.25, -0.2) is 0 Å². The average molecular weight is 283 g/mol. The fourth-order valence-corrected chi connectivity index (χ4v) is 1.92. The Kier molecular flexibility index (Phi) is 7.54. The van der Waals surface area contributed by atoms with Crippen LogP contribution in [0.3, 0.4) is 0 Å². The van der Waals surface area contributed by atoms with E-state index in [4.69, 9.17) is 14.9 Å². The van der Waals surface area contributed by atoms with Crippen LogP contribution >= 0.6 is 0 Å². The largest absolute Gasteiger partial charge is 0.491 e. The predicted octanol–water partition coefficient (Wildman–Crippen LogP) is 0.330. The van der Waals surface area contributed by atoms with E-state index in [1.165, 1.54) is 5.56 Å². The highest BCUT2D eigenvalue weighted by molar-refractivity contribution is 5.33. The molecule has 1 aromatic carbocycles. The van der Waals surface area contributed by atoms with E-state index >= 15 is 0 Å². The Balaban J connectivity index is 2.41. The Morgan fingerprint density at radius 3 is 2.30 bits per heavy atom. The maximum absolute atomic E-state index is 9.93. The van der Waals surface area contributed by atoms with Gasteiger partial charge in [-0.2, -0.15) is 0 Å². The van der Waals surface area contributed by atoms with Crippen molar-refractivity contribution in [2.24, 2.45) is 0 Å². The summed E-state index contributed by atoms with van der Waals surface area (Å²) in [6.45, 7) is 5.48. The number of hydrogen-bond acceptors (Lipinski definition) is 5. The van der Waals surface area contributed by atoms with Gasteiger partial charge in [-0.1, -0.05) is 6.07 Å². The molecule has 0 aromatic heterocycles. The number of aliphatic hydroxyl groups excluding tert-OH is 3. The zero-order chi connectivity index (χ0) is 15.0. The van der Waals surface area contributed by atoms with E-state index in [-0.39, 0.29) is 19.8 Å². The minimum atomic E-state index is -0.658. The first-order valence-electron chi connectivity index (χ1n) is 6.89. The molecule has 114 valence electrons. The number of hydrogen-bond donors (Lipinski definition) is 3. The molecular weight excluding hydrogens is 258 g/mol. The van der Waals surface area contributed by atoms with Crippen LogP contribution < -0.4 is 4.74 Å². The van der Waals surface area contributed by atoms with E-state index in [1.54, 1.807) is 4.90 Å². The Morgan fingerprint density at radius 2 is 1.75 bits per heavy atom. The third-order valence-electron chi connectivity index (χ3n) is 3.22. The van der Waals surface area contributed by atoms with Gasteiger partial charge in [-0.15, -0.1) is 0 Å². The summed E-state index contributed by atoms with van der Waals surface area (Å²) in [5, 5.41) is 27.7. The molecule has 0 amide bonds. The second-order valence-electron chi connectivity index (χ2n) is 4.96. The first kappa shape index (κ1) is 16.9. The molecule has 0 aliphatic carbocycles. The van der Waals surface area contributed by atoms with Gasteiger partial charge in [0.1, 0.15) is 18.5 Å². The maximum atomic E-state index is 9.93. The zero-order valence-electron chi connectivity index (χ0n) is 12.2. The molecule has 1 atom stereocenters. The summed E-state index contributed by atoms with van der Waals surface area (Å²) in [5.41, 5.74) is 2.36. The third kappa shape index (κ3) is 5.88. The maximum Gasteiger partial charge on any atom is 0.119 e. The molecule has 0 aliphatic heterocycles. The Labute approximate surface area is 120 Å². The standard InChI is InChI=1S/C15H25NO4/c1-12-3-4-15(9-13(12)2)20-11-14(19)10-16(5-7-17)6-8-18/h3-4,9,14,17-19H,5-8,10-11H2,1-2H3/t14-/m0/s1. The molecule has 0 heterocycles. The number of aliphatic hydroxyl groups is 3. The molecule has 0 saturated carbocycles. The second-order valence-corrected chi connectivity index (χ2v) is 4.96. The minimum absolute atomic E-state index is 0.00470. The molecule has 1 aromatic rings. The first-order valence-corrected chi connectivity index (χ1v) is 6.89. The number of rotatable bonds is 9. The highest BCUT2D eigenvalue weighted by Gasteiger charge is 2.12. The van der Waals surface area contributed by atoms with Gasteiger partial charge in [0, 0.05) is 19.6 Å². The van der Waals surface area contributed by atoms with E-state index in [2.05, 4.69) is 0 Å². The lowest BCUT2D eigenvalue weighted by molar-refractivity contribution is 0.0552. The fourth-order valence-electron chi connectivity index (χ4n) is 1.92. The molecule has 0 unspecified atom stereocenters. The molecule has 3 N–H and O–H groups in total. The van der Waals surface area contributed by atoms with Gasteiger partial charge in [-0.3, -0.25) is 4.90 Å². The van der Waals surface area contributed by atoms with Crippen LogP contribution in [0.2, 0.25) is 0 Å². The summed E-state index contributed by atoms with van der Waals surface area (Å²) >= 11 is 0. The van der Waals surface area contributed by atoms with Crippen LogP contribution in [-0.4, -0.2) is 65.8 Å². The molecular formula is C15H25NO4. The molecule has 0 spiro atoms. The quantitative estimate of drug-likeness (QED) is 0.609. The van der Waals surface area contributed by atoms with E-state index < -0.39 is 6.10 Å². The van der Waals surface area contributed by atoms with E-state index in [0.717, 1.165) is 11.3 Å². The number of aryl methyl sites for hydroxylation is 2. The summed E-state index contributed by atoms with van der Waals surface area (Å²) < 4.78 is 5.56. The summed E-state index contributed by atoms with van der Waals surface area (Å²) in [6, 6.07) is 5.82. The van der Waals surface area contributed by atoms with Crippen molar-refractivity contribution in [3.63, 3.8) is 0 Å². The summed E-state index contributed by atoms with van der Waals surface area (Å²) in [4.78, 5) is 1.80. The molecule has 20 heavy (non-hydrogen) atoms. The van der Waals surface area contributed by atoms with Crippen molar-refractivity contribution in [3.05, 3.63) is 29.3 Å². The van der Waals surface area contributed by atoms with Crippen LogP contribution in [0.1, 0.15) is 11.1 Å². The van der Waals surface area contributed by atoms with Crippen LogP contribution in [0, 0.1) is 13.8 Å². The minimum Gasteiger partial charge on any atom is -0.491 e. The molecule has 0 saturated heterocycles. The molecule has 0 radical (unpaired) electrons. The van der Waals surface area contributed by atoms with Crippen LogP contribution in [0.4, 0.5) is 0 Å². The van der Waals surface area contributed by atoms with Crippen LogP contribution in [0.25, 0.3) is 0 Å². The van der Waals surface area contributed by atoms with Crippen molar-refractivity contribution in [2.45, 2.75) is 20.0 Å². The summed E-state index contributed by atoms with van der Waals surface area (Å²) in [7, 11) is 0. The van der Waals surface area contributed by atoms with Crippen molar-refractivity contribution < 1.29 is 20.1 Å². The SMILES string of the molecule is Cc1ccc(OC[C@@H](O)CN(CCO)CCO)cc1C. The summed E-state index contributed by atoms with van der Waals surface area (Å²) in [6.07, 6.45) is -0.658. The fraction of sp³-hybridized carbons (Fsp3) is 0.600. The predicted molar refractivity (Wildman–Crippen MR) is 78.0 cm³/mol. The molecule has 0 aliphatic rings. The van der Waals surface area contributed by atoms with Gasteiger partial charge < -0.3 is 20.1 Å². The topological polar surface area (TPSA) is 73.2 Å². The number of ether oxygens (including phenoxy) is 1. The Hall–Kier alpha value is -1.14. The first-order chi connectivity index (χ1) is 9.56. The molecule has 0 fully saturated rings. The monoisotopic (exact) mass is 283 g/mol. The van der Waals surface area contributed by atoms with Gasteiger partial charge in [0.25, 0.3) is 0 Å². The van der Waals surface area contributed by atoms with Gasteiger partial charge in [0.15, 0.2) is 0 Å². The van der Waals surface area contributed by atoms with Crippen molar-refractivity contribution in [1.82, 2.24) is 4.90 Å². The summed E-state index contributed by atoms with van der Waals surface area (Å²) in [5.74, 6) is 0.739. The molecule has 5 heteroatoms. The molecule has 5 nitrogen and oxygen atoms in total. The number of benzene rings is 1. The molecule has 1 rings (SSSR count). The smallest absolute Gasteiger partial charge is 0.119 e. The lowest BCUT2D eigenvalue weighted by Crippen LogP contribution is -2.38. The van der Waals surface area contributed by atoms with E-state index in [1.807, 2.05) is 32.0 Å². The second kappa shape index (κ2) is 8.92. The van der Waals surface area contributed by atoms with Crippen molar-refractivity contribution in [1.29, 1.82) is 0 Å². The van der Waals surface area contributed by atoms with Gasteiger partial charge >= 0.3 is 0 Å². The van der Waals surface area contributed by atoms with Crippen LogP contribution in [0.5, 0.6) is 5.75 Å². The normalized spacial score (nSPS) is 12.7. The number of nitrogens with zero attached hydrogens (tertiary/aromatic N) is 1. The zero-order valence-corrected chi connectivity index (χ0v) is 12.2. The Morgan fingerprint density at radius 1 is 1.10 bits per heavy atom. The highest BCUT2D eigenvalue weighted by Crippen LogP contribution is 2.16. The lowest BCUT2D eigenvalue weighted by atomic mass is 10.1. The van der Waals surface area contributed by atoms with E-state index in [0.29, 0.717) is 19.6 Å². The van der Waals surface area contributed by atoms with Gasteiger partial charge in [0.2, 0.25) is 0 Å². The average Bonchev–Trinajstić information content (AvgIpc) is 2.41. The van der Waals surface area contributed by atoms with Gasteiger partial charge in [-0.05, 0) is 37.1 Å². The van der Waals surface area contributed by atoms with Crippen molar-refractivity contribution >= 4 is 0 Å².